The highest BCUT2D eigenvalue weighted by atomic mass is 16.2. The molecule has 24 heavy (non-hydrogen) atoms. The summed E-state index contributed by atoms with van der Waals surface area (Å²) in [4.78, 5) is 28.5. The molecule has 1 aromatic carbocycles. The number of benzene rings is 1. The molecule has 2 amide bonds. The van der Waals surface area contributed by atoms with Gasteiger partial charge in [0, 0.05) is 32.7 Å². The van der Waals surface area contributed by atoms with Gasteiger partial charge in [-0.1, -0.05) is 30.3 Å². The van der Waals surface area contributed by atoms with Gasteiger partial charge in [-0.25, -0.2) is 0 Å². The van der Waals surface area contributed by atoms with Gasteiger partial charge >= 0.3 is 0 Å². The standard InChI is InChI=1S/C19H29N3O2/c1-3-21(4-2)18(23)15-17-19(24)22(14-12-20-17)13-8-11-16-9-6-5-7-10-16/h5-7,9-10,17,20H,3-4,8,11-15H2,1-2H3. The van der Waals surface area contributed by atoms with Crippen LogP contribution in [0.3, 0.4) is 0 Å². The van der Waals surface area contributed by atoms with E-state index in [2.05, 4.69) is 17.4 Å². The third-order valence-corrected chi connectivity index (χ3v) is 4.61. The van der Waals surface area contributed by atoms with Crippen molar-refractivity contribution in [3.63, 3.8) is 0 Å². The third kappa shape index (κ3) is 5.06. The molecule has 0 radical (unpaired) electrons. The van der Waals surface area contributed by atoms with Crippen LogP contribution in [0.25, 0.3) is 0 Å². The van der Waals surface area contributed by atoms with E-state index in [0.717, 1.165) is 32.5 Å². The highest BCUT2D eigenvalue weighted by molar-refractivity contribution is 5.88. The summed E-state index contributed by atoms with van der Waals surface area (Å²) in [5.74, 6) is 0.117. The second kappa shape index (κ2) is 9.42. The van der Waals surface area contributed by atoms with Gasteiger partial charge < -0.3 is 15.1 Å². The number of amides is 2. The molecule has 0 spiro atoms. The molecule has 1 fully saturated rings. The summed E-state index contributed by atoms with van der Waals surface area (Å²) < 4.78 is 0. The fourth-order valence-electron chi connectivity index (χ4n) is 3.17. The molecule has 0 bridgehead atoms. The number of aryl methyl sites for hydroxylation is 1. The van der Waals surface area contributed by atoms with Crippen LogP contribution in [0.15, 0.2) is 30.3 Å². The minimum Gasteiger partial charge on any atom is -0.343 e. The topological polar surface area (TPSA) is 52.7 Å². The smallest absolute Gasteiger partial charge is 0.240 e. The van der Waals surface area contributed by atoms with Crippen LogP contribution in [0.4, 0.5) is 0 Å². The van der Waals surface area contributed by atoms with Gasteiger partial charge in [0.1, 0.15) is 0 Å². The Morgan fingerprint density at radius 3 is 2.62 bits per heavy atom. The van der Waals surface area contributed by atoms with Crippen molar-refractivity contribution in [1.29, 1.82) is 0 Å². The van der Waals surface area contributed by atoms with E-state index in [9.17, 15) is 9.59 Å². The summed E-state index contributed by atoms with van der Waals surface area (Å²) in [6, 6.07) is 9.96. The van der Waals surface area contributed by atoms with Crippen molar-refractivity contribution in [3.8, 4) is 0 Å². The van der Waals surface area contributed by atoms with E-state index >= 15 is 0 Å². The molecule has 132 valence electrons. The normalized spacial score (nSPS) is 17.8. The van der Waals surface area contributed by atoms with Crippen LogP contribution in [-0.2, 0) is 16.0 Å². The first kappa shape index (κ1) is 18.5. The molecule has 0 aliphatic carbocycles. The van der Waals surface area contributed by atoms with Crippen molar-refractivity contribution in [2.45, 2.75) is 39.2 Å². The Labute approximate surface area is 145 Å². The Hall–Kier alpha value is -1.88. The molecule has 1 saturated heterocycles. The molecule has 0 aromatic heterocycles. The Kier molecular flexibility index (Phi) is 7.25. The summed E-state index contributed by atoms with van der Waals surface area (Å²) >= 11 is 0. The van der Waals surface area contributed by atoms with E-state index in [-0.39, 0.29) is 24.3 Å². The number of piperazine rings is 1. The summed E-state index contributed by atoms with van der Waals surface area (Å²) in [5.41, 5.74) is 1.30. The maximum absolute atomic E-state index is 12.6. The van der Waals surface area contributed by atoms with Crippen molar-refractivity contribution < 1.29 is 9.59 Å². The molecule has 1 aromatic rings. The number of hydrogen-bond acceptors (Lipinski definition) is 3. The van der Waals surface area contributed by atoms with E-state index in [4.69, 9.17) is 0 Å². The second-order valence-corrected chi connectivity index (χ2v) is 6.19. The summed E-state index contributed by atoms with van der Waals surface area (Å²) in [6.45, 7) is 7.55. The van der Waals surface area contributed by atoms with Crippen LogP contribution < -0.4 is 5.32 Å². The predicted octanol–water partition coefficient (Wildman–Crippen LogP) is 1.68. The molecule has 5 heteroatoms. The van der Waals surface area contributed by atoms with Crippen LogP contribution in [0.2, 0.25) is 0 Å². The van der Waals surface area contributed by atoms with Crippen LogP contribution >= 0.6 is 0 Å². The van der Waals surface area contributed by atoms with Crippen LogP contribution in [0, 0.1) is 0 Å². The summed E-state index contributed by atoms with van der Waals surface area (Å²) in [5, 5.41) is 3.20. The molecule has 1 aliphatic heterocycles. The molecular formula is C19H29N3O2. The molecule has 1 atom stereocenters. The average Bonchev–Trinajstić information content (AvgIpc) is 2.60. The van der Waals surface area contributed by atoms with Gasteiger partial charge in [-0.05, 0) is 32.3 Å². The first-order chi connectivity index (χ1) is 11.7. The average molecular weight is 331 g/mol. The number of nitrogens with one attached hydrogen (secondary N) is 1. The first-order valence-electron chi connectivity index (χ1n) is 8.99. The second-order valence-electron chi connectivity index (χ2n) is 6.19. The monoisotopic (exact) mass is 331 g/mol. The Bertz CT molecular complexity index is 529. The molecule has 1 heterocycles. The van der Waals surface area contributed by atoms with Gasteiger partial charge in [-0.15, -0.1) is 0 Å². The van der Waals surface area contributed by atoms with E-state index < -0.39 is 0 Å². The van der Waals surface area contributed by atoms with Gasteiger partial charge in [0.15, 0.2) is 0 Å². The lowest BCUT2D eigenvalue weighted by Gasteiger charge is -2.34. The van der Waals surface area contributed by atoms with E-state index in [1.54, 1.807) is 4.90 Å². The predicted molar refractivity (Wildman–Crippen MR) is 95.7 cm³/mol. The summed E-state index contributed by atoms with van der Waals surface area (Å²) in [7, 11) is 0. The van der Waals surface area contributed by atoms with Gasteiger partial charge in [0.25, 0.3) is 0 Å². The number of nitrogens with zero attached hydrogens (tertiary/aromatic N) is 2. The zero-order chi connectivity index (χ0) is 17.4. The molecule has 1 unspecified atom stereocenters. The Balaban J connectivity index is 1.82. The zero-order valence-electron chi connectivity index (χ0n) is 14.8. The third-order valence-electron chi connectivity index (χ3n) is 4.61. The van der Waals surface area contributed by atoms with Crippen LogP contribution in [-0.4, -0.2) is 60.4 Å². The lowest BCUT2D eigenvalue weighted by atomic mass is 10.1. The zero-order valence-corrected chi connectivity index (χ0v) is 14.8. The van der Waals surface area contributed by atoms with Crippen molar-refractivity contribution in [2.24, 2.45) is 0 Å². The number of hydrogen-bond donors (Lipinski definition) is 1. The number of carbonyl (C=O) groups is 2. The Morgan fingerprint density at radius 2 is 1.96 bits per heavy atom. The van der Waals surface area contributed by atoms with Crippen molar-refractivity contribution >= 4 is 11.8 Å². The molecule has 0 saturated carbocycles. The largest absolute Gasteiger partial charge is 0.343 e. The SMILES string of the molecule is CCN(CC)C(=O)CC1NCCN(CCCc2ccccc2)C1=O. The first-order valence-corrected chi connectivity index (χ1v) is 8.99. The van der Waals surface area contributed by atoms with Crippen molar-refractivity contribution in [1.82, 2.24) is 15.1 Å². The number of rotatable bonds is 8. The molecule has 5 nitrogen and oxygen atoms in total. The lowest BCUT2D eigenvalue weighted by Crippen LogP contribution is -2.56. The van der Waals surface area contributed by atoms with E-state index in [1.807, 2.05) is 36.9 Å². The fraction of sp³-hybridized carbons (Fsp3) is 0.579. The van der Waals surface area contributed by atoms with Crippen LogP contribution in [0.1, 0.15) is 32.3 Å². The molecule has 1 aliphatic rings. The molecule has 1 N–H and O–H groups in total. The van der Waals surface area contributed by atoms with Gasteiger partial charge in [0.05, 0.1) is 12.5 Å². The fourth-order valence-corrected chi connectivity index (χ4v) is 3.17. The minimum atomic E-state index is -0.372. The lowest BCUT2D eigenvalue weighted by molar-refractivity contribution is -0.140. The number of carbonyl (C=O) groups excluding carboxylic acids is 2. The van der Waals surface area contributed by atoms with E-state index in [1.165, 1.54) is 5.56 Å². The maximum atomic E-state index is 12.6. The van der Waals surface area contributed by atoms with Gasteiger partial charge in [-0.2, -0.15) is 0 Å². The Morgan fingerprint density at radius 1 is 1.25 bits per heavy atom. The summed E-state index contributed by atoms with van der Waals surface area (Å²) in [6.07, 6.45) is 2.18. The quantitative estimate of drug-likeness (QED) is 0.788. The maximum Gasteiger partial charge on any atom is 0.240 e. The van der Waals surface area contributed by atoms with Crippen molar-refractivity contribution in [3.05, 3.63) is 35.9 Å². The highest BCUT2D eigenvalue weighted by Gasteiger charge is 2.30. The van der Waals surface area contributed by atoms with E-state index in [0.29, 0.717) is 13.1 Å². The highest BCUT2D eigenvalue weighted by Crippen LogP contribution is 2.10. The molecular weight excluding hydrogens is 302 g/mol. The minimum absolute atomic E-state index is 0.0528. The van der Waals surface area contributed by atoms with Gasteiger partial charge in [0.2, 0.25) is 11.8 Å². The molecule has 2 rings (SSSR count). The van der Waals surface area contributed by atoms with Crippen LogP contribution in [0.5, 0.6) is 0 Å². The van der Waals surface area contributed by atoms with Crippen molar-refractivity contribution in [2.75, 3.05) is 32.7 Å². The van der Waals surface area contributed by atoms with Gasteiger partial charge in [-0.3, -0.25) is 9.59 Å².